The molecule has 1 N–H and O–H groups in total. The van der Waals surface area contributed by atoms with Crippen LogP contribution >= 0.6 is 11.3 Å². The van der Waals surface area contributed by atoms with E-state index in [4.69, 9.17) is 9.84 Å². The van der Waals surface area contributed by atoms with Crippen LogP contribution in [0.1, 0.15) is 16.6 Å². The molecule has 6 nitrogen and oxygen atoms in total. The van der Waals surface area contributed by atoms with E-state index in [9.17, 15) is 13.2 Å². The first-order chi connectivity index (χ1) is 8.30. The normalized spacial score (nSPS) is 13.8. The SMILES string of the molecule is COCC(C)N(C)S(=O)(=O)c1csc(C(=O)O)c1. The van der Waals surface area contributed by atoms with Crippen LogP contribution in [0.5, 0.6) is 0 Å². The van der Waals surface area contributed by atoms with Gasteiger partial charge in [-0.05, 0) is 13.0 Å². The minimum Gasteiger partial charge on any atom is -0.477 e. The molecule has 0 aromatic carbocycles. The van der Waals surface area contributed by atoms with Crippen molar-refractivity contribution in [2.45, 2.75) is 17.9 Å². The number of aromatic carboxylic acids is 1. The third-order valence-electron chi connectivity index (χ3n) is 2.49. The van der Waals surface area contributed by atoms with Gasteiger partial charge in [-0.25, -0.2) is 13.2 Å². The number of ether oxygens (including phenoxy) is 1. The second-order valence-electron chi connectivity index (χ2n) is 3.78. The average molecular weight is 293 g/mol. The lowest BCUT2D eigenvalue weighted by Crippen LogP contribution is -2.37. The van der Waals surface area contributed by atoms with Gasteiger partial charge in [-0.3, -0.25) is 0 Å². The molecule has 1 rings (SSSR count). The number of nitrogens with zero attached hydrogens (tertiary/aromatic N) is 1. The van der Waals surface area contributed by atoms with Gasteiger partial charge in [0.15, 0.2) is 0 Å². The van der Waals surface area contributed by atoms with Crippen molar-refractivity contribution < 1.29 is 23.1 Å². The Balaban J connectivity index is 3.01. The number of sulfonamides is 1. The van der Waals surface area contributed by atoms with Crippen molar-refractivity contribution in [3.8, 4) is 0 Å². The molecule has 0 spiro atoms. The first-order valence-electron chi connectivity index (χ1n) is 5.09. The van der Waals surface area contributed by atoms with Gasteiger partial charge >= 0.3 is 5.97 Å². The Morgan fingerprint density at radius 1 is 1.61 bits per heavy atom. The van der Waals surface area contributed by atoms with Gasteiger partial charge in [-0.1, -0.05) is 0 Å². The molecule has 0 aliphatic rings. The quantitative estimate of drug-likeness (QED) is 0.849. The number of carboxylic acid groups (broad SMARTS) is 1. The van der Waals surface area contributed by atoms with Crippen molar-refractivity contribution in [1.82, 2.24) is 4.31 Å². The minimum atomic E-state index is -3.67. The molecule has 8 heteroatoms. The maximum absolute atomic E-state index is 12.2. The second kappa shape index (κ2) is 5.79. The number of hydrogen-bond acceptors (Lipinski definition) is 5. The maximum Gasteiger partial charge on any atom is 0.345 e. The highest BCUT2D eigenvalue weighted by molar-refractivity contribution is 7.89. The largest absolute Gasteiger partial charge is 0.477 e. The van der Waals surface area contributed by atoms with Crippen molar-refractivity contribution >= 4 is 27.3 Å². The molecule has 0 saturated carbocycles. The van der Waals surface area contributed by atoms with E-state index in [1.807, 2.05) is 0 Å². The molecule has 18 heavy (non-hydrogen) atoms. The number of carboxylic acids is 1. The number of methoxy groups -OCH3 is 1. The summed E-state index contributed by atoms with van der Waals surface area (Å²) in [5, 5.41) is 10.1. The van der Waals surface area contributed by atoms with Crippen molar-refractivity contribution in [2.24, 2.45) is 0 Å². The van der Waals surface area contributed by atoms with E-state index < -0.39 is 16.0 Å². The Bertz CT molecular complexity index is 522. The van der Waals surface area contributed by atoms with Crippen molar-refractivity contribution in [2.75, 3.05) is 20.8 Å². The Labute approximate surface area is 110 Å². The third-order valence-corrected chi connectivity index (χ3v) is 5.51. The fourth-order valence-corrected chi connectivity index (χ4v) is 3.76. The fraction of sp³-hybridized carbons (Fsp3) is 0.500. The van der Waals surface area contributed by atoms with Gasteiger partial charge in [0, 0.05) is 25.6 Å². The standard InChI is InChI=1S/C10H15NO5S2/c1-7(5-16-3)11(2)18(14,15)8-4-9(10(12)13)17-6-8/h4,6-7H,5H2,1-3H3,(H,12,13). The summed E-state index contributed by atoms with van der Waals surface area (Å²) in [6.07, 6.45) is 0. The van der Waals surface area contributed by atoms with E-state index in [2.05, 4.69) is 0 Å². The molecular weight excluding hydrogens is 278 g/mol. The summed E-state index contributed by atoms with van der Waals surface area (Å²) in [4.78, 5) is 10.7. The number of likely N-dealkylation sites (N-methyl/N-ethyl adjacent to an activating group) is 1. The van der Waals surface area contributed by atoms with E-state index in [1.165, 1.54) is 29.9 Å². The Morgan fingerprint density at radius 3 is 2.67 bits per heavy atom. The van der Waals surface area contributed by atoms with Crippen molar-refractivity contribution in [3.63, 3.8) is 0 Å². The monoisotopic (exact) mass is 293 g/mol. The molecular formula is C10H15NO5S2. The molecule has 102 valence electrons. The molecule has 1 aromatic rings. The van der Waals surface area contributed by atoms with Crippen LogP contribution in [0, 0.1) is 0 Å². The molecule has 1 aromatic heterocycles. The van der Waals surface area contributed by atoms with Crippen molar-refractivity contribution in [1.29, 1.82) is 0 Å². The summed E-state index contributed by atoms with van der Waals surface area (Å²) >= 11 is 0.890. The molecule has 0 fully saturated rings. The van der Waals surface area contributed by atoms with Gasteiger partial charge < -0.3 is 9.84 Å². The van der Waals surface area contributed by atoms with Gasteiger partial charge in [0.25, 0.3) is 0 Å². The van der Waals surface area contributed by atoms with Crippen LogP contribution in [0.3, 0.4) is 0 Å². The van der Waals surface area contributed by atoms with E-state index in [1.54, 1.807) is 6.92 Å². The molecule has 0 aliphatic carbocycles. The molecule has 0 aliphatic heterocycles. The molecule has 1 heterocycles. The summed E-state index contributed by atoms with van der Waals surface area (Å²) in [7, 11) is -0.741. The van der Waals surface area contributed by atoms with Gasteiger partial charge in [-0.2, -0.15) is 4.31 Å². The molecule has 0 amide bonds. The zero-order valence-corrected chi connectivity index (χ0v) is 11.9. The van der Waals surface area contributed by atoms with Crippen molar-refractivity contribution in [3.05, 3.63) is 16.3 Å². The minimum absolute atomic E-state index is 0.00127. The van der Waals surface area contributed by atoms with Crippen LogP contribution < -0.4 is 0 Å². The Kier molecular flexibility index (Phi) is 4.85. The molecule has 1 atom stereocenters. The zero-order chi connectivity index (χ0) is 13.9. The maximum atomic E-state index is 12.2. The summed E-state index contributed by atoms with van der Waals surface area (Å²) in [6.45, 7) is 1.98. The molecule has 0 saturated heterocycles. The predicted octanol–water partition coefficient (Wildman–Crippen LogP) is 1.10. The summed E-state index contributed by atoms with van der Waals surface area (Å²) < 4.78 is 30.4. The lowest BCUT2D eigenvalue weighted by Gasteiger charge is -2.22. The molecule has 1 unspecified atom stereocenters. The summed E-state index contributed by atoms with van der Waals surface area (Å²) in [5.74, 6) is -1.13. The van der Waals surface area contributed by atoms with E-state index in [0.717, 1.165) is 11.3 Å². The lowest BCUT2D eigenvalue weighted by atomic mass is 10.4. The number of carbonyl (C=O) groups is 1. The smallest absolute Gasteiger partial charge is 0.345 e. The first-order valence-corrected chi connectivity index (χ1v) is 7.41. The highest BCUT2D eigenvalue weighted by Crippen LogP contribution is 2.23. The second-order valence-corrected chi connectivity index (χ2v) is 6.69. The third kappa shape index (κ3) is 3.08. The number of rotatable bonds is 6. The van der Waals surface area contributed by atoms with E-state index in [0.29, 0.717) is 0 Å². The summed E-state index contributed by atoms with van der Waals surface area (Å²) in [6, 6.07) is 0.839. The first kappa shape index (κ1) is 15.1. The van der Waals surface area contributed by atoms with Gasteiger partial charge in [0.2, 0.25) is 10.0 Å². The van der Waals surface area contributed by atoms with Crippen LogP contribution in [0.25, 0.3) is 0 Å². The number of thiophene rings is 1. The van der Waals surface area contributed by atoms with Crippen LogP contribution in [0.4, 0.5) is 0 Å². The van der Waals surface area contributed by atoms with Crippen LogP contribution in [-0.4, -0.2) is 50.6 Å². The van der Waals surface area contributed by atoms with Crippen LogP contribution in [-0.2, 0) is 14.8 Å². The Hall–Kier alpha value is -0.960. The van der Waals surface area contributed by atoms with Gasteiger partial charge in [0.1, 0.15) is 4.88 Å². The number of hydrogen-bond donors (Lipinski definition) is 1. The van der Waals surface area contributed by atoms with E-state index >= 15 is 0 Å². The highest BCUT2D eigenvalue weighted by Gasteiger charge is 2.27. The zero-order valence-electron chi connectivity index (χ0n) is 10.3. The van der Waals surface area contributed by atoms with Crippen LogP contribution in [0.2, 0.25) is 0 Å². The molecule has 0 radical (unpaired) electrons. The van der Waals surface area contributed by atoms with Gasteiger partial charge in [-0.15, -0.1) is 11.3 Å². The topological polar surface area (TPSA) is 83.9 Å². The van der Waals surface area contributed by atoms with Crippen LogP contribution in [0.15, 0.2) is 16.3 Å². The average Bonchev–Trinajstić information content (AvgIpc) is 2.78. The predicted molar refractivity (Wildman–Crippen MR) is 67.6 cm³/mol. The lowest BCUT2D eigenvalue weighted by molar-refractivity contribution is 0.0702. The highest BCUT2D eigenvalue weighted by atomic mass is 32.2. The fourth-order valence-electron chi connectivity index (χ4n) is 1.32. The summed E-state index contributed by atoms with van der Waals surface area (Å²) in [5.41, 5.74) is 0. The van der Waals surface area contributed by atoms with E-state index in [-0.39, 0.29) is 22.4 Å². The Morgan fingerprint density at radius 2 is 2.22 bits per heavy atom. The molecule has 0 bridgehead atoms. The van der Waals surface area contributed by atoms with Gasteiger partial charge in [0.05, 0.1) is 11.5 Å².